The molecular weight excluding hydrogens is 340 g/mol. The second-order valence-corrected chi connectivity index (χ2v) is 7.80. The lowest BCUT2D eigenvalue weighted by Crippen LogP contribution is -2.10. The van der Waals surface area contributed by atoms with Gasteiger partial charge < -0.3 is 8.92 Å². The number of carbonyl (C=O) groups excluding carboxylic acids is 1. The van der Waals surface area contributed by atoms with E-state index in [1.54, 1.807) is 24.3 Å². The van der Waals surface area contributed by atoms with Crippen LogP contribution < -0.4 is 4.18 Å². The van der Waals surface area contributed by atoms with E-state index in [1.807, 2.05) is 20.8 Å². The Balaban J connectivity index is 1.98. The summed E-state index contributed by atoms with van der Waals surface area (Å²) in [5.74, 6) is 0.199. The molecule has 6 heteroatoms. The smallest absolute Gasteiger partial charge is 0.339 e. The fourth-order valence-electron chi connectivity index (χ4n) is 2.08. The third-order valence-electron chi connectivity index (χ3n) is 3.41. The highest BCUT2D eigenvalue weighted by Crippen LogP contribution is 2.20. The molecule has 0 radical (unpaired) electrons. The minimum Gasteiger partial charge on any atom is -0.461 e. The van der Waals surface area contributed by atoms with Crippen LogP contribution in [0.3, 0.4) is 0 Å². The molecular formula is C19H22O5S. The molecule has 5 nitrogen and oxygen atoms in total. The van der Waals surface area contributed by atoms with Crippen LogP contribution >= 0.6 is 0 Å². The number of ether oxygens (including phenoxy) is 1. The summed E-state index contributed by atoms with van der Waals surface area (Å²) in [7, 11) is -3.87. The third kappa shape index (κ3) is 5.90. The SMILES string of the molecule is Cc1ccc(S(=O)(=O)Oc2ccc(COC(=O)CC(C)C)cc2)cc1. The molecule has 0 aliphatic carbocycles. The van der Waals surface area contributed by atoms with Crippen LogP contribution in [0.4, 0.5) is 0 Å². The second kappa shape index (κ2) is 8.16. The monoisotopic (exact) mass is 362 g/mol. The van der Waals surface area contributed by atoms with Gasteiger partial charge in [-0.1, -0.05) is 43.7 Å². The third-order valence-corrected chi connectivity index (χ3v) is 4.68. The number of hydrogen-bond donors (Lipinski definition) is 0. The van der Waals surface area contributed by atoms with E-state index in [-0.39, 0.29) is 29.1 Å². The first-order valence-corrected chi connectivity index (χ1v) is 9.43. The first-order valence-electron chi connectivity index (χ1n) is 8.02. The van der Waals surface area contributed by atoms with Crippen LogP contribution in [0.1, 0.15) is 31.4 Å². The van der Waals surface area contributed by atoms with Crippen LogP contribution in [0.5, 0.6) is 5.75 Å². The fraction of sp³-hybridized carbons (Fsp3) is 0.316. The molecule has 25 heavy (non-hydrogen) atoms. The van der Waals surface area contributed by atoms with E-state index in [0.717, 1.165) is 11.1 Å². The summed E-state index contributed by atoms with van der Waals surface area (Å²) in [6.45, 7) is 5.92. The van der Waals surface area contributed by atoms with Gasteiger partial charge in [-0.2, -0.15) is 8.42 Å². The molecule has 0 saturated heterocycles. The quantitative estimate of drug-likeness (QED) is 0.553. The first-order chi connectivity index (χ1) is 11.8. The van der Waals surface area contributed by atoms with Gasteiger partial charge in [-0.25, -0.2) is 0 Å². The molecule has 0 aliphatic rings. The summed E-state index contributed by atoms with van der Waals surface area (Å²) in [6, 6.07) is 12.9. The zero-order valence-electron chi connectivity index (χ0n) is 14.6. The van der Waals surface area contributed by atoms with Crippen molar-refractivity contribution in [2.24, 2.45) is 5.92 Å². The molecule has 2 rings (SSSR count). The summed E-state index contributed by atoms with van der Waals surface area (Å²) < 4.78 is 34.7. The molecule has 0 saturated carbocycles. The molecule has 0 spiro atoms. The minimum absolute atomic E-state index is 0.102. The van der Waals surface area contributed by atoms with Crippen LogP contribution in [-0.4, -0.2) is 14.4 Å². The lowest BCUT2D eigenvalue weighted by atomic mass is 10.1. The minimum atomic E-state index is -3.87. The average Bonchev–Trinajstić information content (AvgIpc) is 2.53. The number of carbonyl (C=O) groups is 1. The Labute approximate surface area is 148 Å². The van der Waals surface area contributed by atoms with Gasteiger partial charge in [0.05, 0.1) is 0 Å². The summed E-state index contributed by atoms with van der Waals surface area (Å²) in [6.07, 6.45) is 0.371. The predicted molar refractivity (Wildman–Crippen MR) is 94.7 cm³/mol. The van der Waals surface area contributed by atoms with Crippen LogP contribution in [-0.2, 0) is 26.3 Å². The fourth-order valence-corrected chi connectivity index (χ4v) is 3.01. The van der Waals surface area contributed by atoms with E-state index >= 15 is 0 Å². The molecule has 0 fully saturated rings. The normalized spacial score (nSPS) is 11.4. The molecule has 0 unspecified atom stereocenters. The molecule has 0 N–H and O–H groups in total. The Kier molecular flexibility index (Phi) is 6.20. The van der Waals surface area contributed by atoms with Crippen molar-refractivity contribution in [2.75, 3.05) is 0 Å². The highest BCUT2D eigenvalue weighted by molar-refractivity contribution is 7.87. The van der Waals surface area contributed by atoms with Crippen LogP contribution in [0.15, 0.2) is 53.4 Å². The van der Waals surface area contributed by atoms with Crippen LogP contribution in [0.25, 0.3) is 0 Å². The van der Waals surface area contributed by atoms with Crippen molar-refractivity contribution in [1.29, 1.82) is 0 Å². The molecule has 0 amide bonds. The van der Waals surface area contributed by atoms with Crippen LogP contribution in [0.2, 0.25) is 0 Å². The second-order valence-electron chi connectivity index (χ2n) is 6.25. The molecule has 0 bridgehead atoms. The maximum atomic E-state index is 12.2. The number of benzene rings is 2. The molecule has 0 atom stereocenters. The molecule has 0 aromatic heterocycles. The predicted octanol–water partition coefficient (Wildman–Crippen LogP) is 3.85. The summed E-state index contributed by atoms with van der Waals surface area (Å²) in [5.41, 5.74) is 1.73. The van der Waals surface area contributed by atoms with Crippen molar-refractivity contribution in [3.8, 4) is 5.75 Å². The molecule has 2 aromatic rings. The van der Waals surface area contributed by atoms with E-state index in [2.05, 4.69) is 0 Å². The summed E-state index contributed by atoms with van der Waals surface area (Å²) >= 11 is 0. The summed E-state index contributed by atoms with van der Waals surface area (Å²) in [4.78, 5) is 11.6. The highest BCUT2D eigenvalue weighted by atomic mass is 32.2. The Hall–Kier alpha value is -2.34. The summed E-state index contributed by atoms with van der Waals surface area (Å²) in [5, 5.41) is 0. The maximum absolute atomic E-state index is 12.2. The molecule has 0 aliphatic heterocycles. The van der Waals surface area contributed by atoms with Gasteiger partial charge in [0.2, 0.25) is 0 Å². The standard InChI is InChI=1S/C19H22O5S/c1-14(2)12-19(20)23-13-16-6-8-17(9-7-16)24-25(21,22)18-10-4-15(3)5-11-18/h4-11,14H,12-13H2,1-3H3. The Morgan fingerprint density at radius 3 is 2.16 bits per heavy atom. The van der Waals surface area contributed by atoms with Gasteiger partial charge in [-0.3, -0.25) is 4.79 Å². The van der Waals surface area contributed by atoms with Gasteiger partial charge in [0.25, 0.3) is 0 Å². The van der Waals surface area contributed by atoms with E-state index < -0.39 is 10.1 Å². The van der Waals surface area contributed by atoms with Crippen molar-refractivity contribution in [3.05, 3.63) is 59.7 Å². The van der Waals surface area contributed by atoms with Crippen molar-refractivity contribution in [2.45, 2.75) is 38.7 Å². The topological polar surface area (TPSA) is 69.7 Å². The van der Waals surface area contributed by atoms with Gasteiger partial charge in [-0.05, 0) is 42.7 Å². The average molecular weight is 362 g/mol. The van der Waals surface area contributed by atoms with Gasteiger partial charge >= 0.3 is 16.1 Å². The number of aryl methyl sites for hydroxylation is 1. The zero-order chi connectivity index (χ0) is 18.4. The van der Waals surface area contributed by atoms with Crippen molar-refractivity contribution >= 4 is 16.1 Å². The molecule has 2 aromatic carbocycles. The zero-order valence-corrected chi connectivity index (χ0v) is 15.4. The number of hydrogen-bond acceptors (Lipinski definition) is 5. The van der Waals surface area contributed by atoms with Gasteiger partial charge in [0, 0.05) is 6.42 Å². The van der Waals surface area contributed by atoms with E-state index in [1.165, 1.54) is 24.3 Å². The number of rotatable bonds is 7. The maximum Gasteiger partial charge on any atom is 0.339 e. The van der Waals surface area contributed by atoms with Gasteiger partial charge in [-0.15, -0.1) is 0 Å². The Morgan fingerprint density at radius 1 is 1.00 bits per heavy atom. The van der Waals surface area contributed by atoms with E-state index in [4.69, 9.17) is 8.92 Å². The lowest BCUT2D eigenvalue weighted by Gasteiger charge is -2.09. The largest absolute Gasteiger partial charge is 0.461 e. The molecule has 134 valence electrons. The number of esters is 1. The molecule has 0 heterocycles. The van der Waals surface area contributed by atoms with Crippen molar-refractivity contribution in [1.82, 2.24) is 0 Å². The van der Waals surface area contributed by atoms with Crippen LogP contribution in [0, 0.1) is 12.8 Å². The Morgan fingerprint density at radius 2 is 1.60 bits per heavy atom. The lowest BCUT2D eigenvalue weighted by molar-refractivity contribution is -0.145. The first kappa shape index (κ1) is 19.0. The highest BCUT2D eigenvalue weighted by Gasteiger charge is 2.16. The van der Waals surface area contributed by atoms with Gasteiger partial charge in [0.1, 0.15) is 17.3 Å². The van der Waals surface area contributed by atoms with E-state index in [9.17, 15) is 13.2 Å². The van der Waals surface area contributed by atoms with Crippen molar-refractivity contribution < 1.29 is 22.1 Å². The Bertz CT molecular complexity index is 806. The van der Waals surface area contributed by atoms with Gasteiger partial charge in [0.15, 0.2) is 0 Å². The van der Waals surface area contributed by atoms with Crippen molar-refractivity contribution in [3.63, 3.8) is 0 Å². The van der Waals surface area contributed by atoms with E-state index in [0.29, 0.717) is 6.42 Å².